The van der Waals surface area contributed by atoms with E-state index in [4.69, 9.17) is 0 Å². The maximum absolute atomic E-state index is 11.9. The number of fused-ring (bicyclic) bond motifs is 1. The molecular weight excluding hydrogens is 166 g/mol. The summed E-state index contributed by atoms with van der Waals surface area (Å²) in [4.78, 5) is 23.7. The lowest BCUT2D eigenvalue weighted by molar-refractivity contribution is -0.129. The molecule has 2 saturated carbocycles. The Balaban J connectivity index is 1.99. The fraction of sp³-hybridized carbons (Fsp3) is 0.800. The summed E-state index contributed by atoms with van der Waals surface area (Å²) in [6.45, 7) is 0.899. The molecule has 3 aliphatic rings. The van der Waals surface area contributed by atoms with Crippen molar-refractivity contribution in [1.29, 1.82) is 0 Å². The summed E-state index contributed by atoms with van der Waals surface area (Å²) < 4.78 is 0. The van der Waals surface area contributed by atoms with Crippen LogP contribution >= 0.6 is 0 Å². The molecule has 3 fully saturated rings. The van der Waals surface area contributed by atoms with Gasteiger partial charge >= 0.3 is 0 Å². The van der Waals surface area contributed by atoms with E-state index in [1.165, 1.54) is 0 Å². The van der Waals surface area contributed by atoms with Crippen molar-refractivity contribution in [2.24, 2.45) is 11.3 Å². The van der Waals surface area contributed by atoms with Gasteiger partial charge in [-0.1, -0.05) is 0 Å². The largest absolute Gasteiger partial charge is 0.307 e. The number of ketones is 2. The normalized spacial score (nSPS) is 40.9. The van der Waals surface area contributed by atoms with Gasteiger partial charge < -0.3 is 5.32 Å². The molecule has 1 saturated heterocycles. The molecule has 1 aliphatic heterocycles. The Hall–Kier alpha value is -0.700. The van der Waals surface area contributed by atoms with Gasteiger partial charge in [-0.3, -0.25) is 9.59 Å². The van der Waals surface area contributed by atoms with E-state index in [-0.39, 0.29) is 23.5 Å². The predicted octanol–water partition coefficient (Wildman–Crippen LogP) is 0.287. The Bertz CT molecular complexity index is 267. The van der Waals surface area contributed by atoms with E-state index >= 15 is 0 Å². The van der Waals surface area contributed by atoms with Crippen molar-refractivity contribution >= 4 is 11.6 Å². The topological polar surface area (TPSA) is 46.2 Å². The number of piperidine rings is 1. The van der Waals surface area contributed by atoms with Gasteiger partial charge in [-0.2, -0.15) is 0 Å². The van der Waals surface area contributed by atoms with Gasteiger partial charge in [0.25, 0.3) is 0 Å². The Morgan fingerprint density at radius 1 is 1.23 bits per heavy atom. The quantitative estimate of drug-likeness (QED) is 0.543. The van der Waals surface area contributed by atoms with E-state index in [0.29, 0.717) is 0 Å². The molecule has 0 aromatic heterocycles. The van der Waals surface area contributed by atoms with Crippen LogP contribution < -0.4 is 5.32 Å². The number of hydrogen-bond acceptors (Lipinski definition) is 3. The highest BCUT2D eigenvalue weighted by Crippen LogP contribution is 2.55. The zero-order valence-electron chi connectivity index (χ0n) is 7.51. The van der Waals surface area contributed by atoms with Crippen molar-refractivity contribution in [3.63, 3.8) is 0 Å². The minimum atomic E-state index is -0.493. The highest BCUT2D eigenvalue weighted by molar-refractivity contribution is 6.19. The predicted molar refractivity (Wildman–Crippen MR) is 46.2 cm³/mol. The summed E-state index contributed by atoms with van der Waals surface area (Å²) in [5.74, 6) is 0.459. The van der Waals surface area contributed by atoms with Crippen molar-refractivity contribution in [2.45, 2.75) is 31.7 Å². The molecular formula is C10H13NO2. The van der Waals surface area contributed by atoms with Crippen LogP contribution in [-0.2, 0) is 9.59 Å². The van der Waals surface area contributed by atoms with Gasteiger partial charge in [-0.25, -0.2) is 0 Å². The van der Waals surface area contributed by atoms with Crippen molar-refractivity contribution in [2.75, 3.05) is 6.54 Å². The molecule has 0 amide bonds. The van der Waals surface area contributed by atoms with Gasteiger partial charge in [0.15, 0.2) is 11.6 Å². The molecule has 0 aromatic rings. The van der Waals surface area contributed by atoms with E-state index in [1.807, 2.05) is 0 Å². The minimum Gasteiger partial charge on any atom is -0.307 e. The first-order valence-corrected chi connectivity index (χ1v) is 5.08. The Kier molecular flexibility index (Phi) is 1.30. The second-order valence-electron chi connectivity index (χ2n) is 4.49. The summed E-state index contributed by atoms with van der Waals surface area (Å²) in [6.07, 6.45) is 3.60. The molecule has 0 radical (unpaired) electrons. The van der Waals surface area contributed by atoms with Crippen molar-refractivity contribution in [3.8, 4) is 0 Å². The second-order valence-corrected chi connectivity index (χ2v) is 4.49. The molecule has 70 valence electrons. The third-order valence-corrected chi connectivity index (χ3v) is 3.77. The maximum atomic E-state index is 11.9. The van der Waals surface area contributed by atoms with Crippen LogP contribution in [-0.4, -0.2) is 24.2 Å². The number of rotatable bonds is 0. The molecule has 3 rings (SSSR count). The lowest BCUT2D eigenvalue weighted by Gasteiger charge is -2.23. The molecule has 2 unspecified atom stereocenters. The molecule has 1 N–H and O–H groups in total. The first kappa shape index (κ1) is 7.68. The molecule has 1 spiro atoms. The number of carbonyl (C=O) groups excluding carboxylic acids is 2. The summed E-state index contributed by atoms with van der Waals surface area (Å²) in [6, 6.07) is -0.122. The van der Waals surface area contributed by atoms with Crippen molar-refractivity contribution in [3.05, 3.63) is 0 Å². The number of carbonyl (C=O) groups is 2. The van der Waals surface area contributed by atoms with Crippen LogP contribution in [0.2, 0.25) is 0 Å². The van der Waals surface area contributed by atoms with E-state index in [2.05, 4.69) is 5.32 Å². The van der Waals surface area contributed by atoms with Gasteiger partial charge in [-0.05, 0) is 32.2 Å². The van der Waals surface area contributed by atoms with Crippen molar-refractivity contribution < 1.29 is 9.59 Å². The van der Waals surface area contributed by atoms with Gasteiger partial charge in [-0.15, -0.1) is 0 Å². The standard InChI is InChI=1S/C10H13NO2/c12-8-6-2-1-5-11-7(6)9(13)10(8)3-4-10/h6-7,11H,1-5H2. The summed E-state index contributed by atoms with van der Waals surface area (Å²) in [7, 11) is 0. The average Bonchev–Trinajstić information content (AvgIpc) is 2.93. The lowest BCUT2D eigenvalue weighted by atomic mass is 9.92. The van der Waals surface area contributed by atoms with Crippen molar-refractivity contribution in [1.82, 2.24) is 5.32 Å². The van der Waals surface area contributed by atoms with Gasteiger partial charge in [0.1, 0.15) is 0 Å². The zero-order valence-corrected chi connectivity index (χ0v) is 7.51. The van der Waals surface area contributed by atoms with E-state index in [1.54, 1.807) is 0 Å². The molecule has 0 bridgehead atoms. The zero-order chi connectivity index (χ0) is 9.05. The molecule has 13 heavy (non-hydrogen) atoms. The first-order valence-electron chi connectivity index (χ1n) is 5.08. The number of hydrogen-bond donors (Lipinski definition) is 1. The summed E-state index contributed by atoms with van der Waals surface area (Å²) in [5.41, 5.74) is -0.493. The first-order chi connectivity index (χ1) is 6.26. The Morgan fingerprint density at radius 2 is 2.00 bits per heavy atom. The lowest BCUT2D eigenvalue weighted by Crippen LogP contribution is -2.43. The van der Waals surface area contributed by atoms with Gasteiger partial charge in [0, 0.05) is 5.92 Å². The number of nitrogens with one attached hydrogen (secondary N) is 1. The smallest absolute Gasteiger partial charge is 0.163 e. The average molecular weight is 179 g/mol. The highest BCUT2D eigenvalue weighted by atomic mass is 16.2. The third kappa shape index (κ3) is 0.784. The van der Waals surface area contributed by atoms with E-state index in [0.717, 1.165) is 32.2 Å². The van der Waals surface area contributed by atoms with Gasteiger partial charge in [0.05, 0.1) is 11.5 Å². The van der Waals surface area contributed by atoms with Crippen LogP contribution in [0.15, 0.2) is 0 Å². The van der Waals surface area contributed by atoms with Crippen LogP contribution in [0.4, 0.5) is 0 Å². The Morgan fingerprint density at radius 3 is 2.62 bits per heavy atom. The SMILES string of the molecule is O=C1C2CCCNC2C(=O)C12CC2. The summed E-state index contributed by atoms with van der Waals surface area (Å²) >= 11 is 0. The van der Waals surface area contributed by atoms with E-state index < -0.39 is 5.41 Å². The maximum Gasteiger partial charge on any atom is 0.163 e. The van der Waals surface area contributed by atoms with Crippen LogP contribution in [0.5, 0.6) is 0 Å². The monoisotopic (exact) mass is 179 g/mol. The van der Waals surface area contributed by atoms with Crippen LogP contribution in [0, 0.1) is 11.3 Å². The summed E-state index contributed by atoms with van der Waals surface area (Å²) in [5, 5.41) is 3.19. The number of Topliss-reactive ketones (excluding diaryl/α,β-unsaturated/α-hetero) is 2. The third-order valence-electron chi connectivity index (χ3n) is 3.77. The van der Waals surface area contributed by atoms with Crippen LogP contribution in [0.3, 0.4) is 0 Å². The highest BCUT2D eigenvalue weighted by Gasteiger charge is 2.66. The molecule has 1 heterocycles. The minimum absolute atomic E-state index is 0.0174. The second kappa shape index (κ2) is 2.21. The molecule has 0 aromatic carbocycles. The van der Waals surface area contributed by atoms with Gasteiger partial charge in [0.2, 0.25) is 0 Å². The van der Waals surface area contributed by atoms with Crippen LogP contribution in [0.25, 0.3) is 0 Å². The molecule has 3 heteroatoms. The molecule has 3 nitrogen and oxygen atoms in total. The van der Waals surface area contributed by atoms with E-state index in [9.17, 15) is 9.59 Å². The fourth-order valence-corrected chi connectivity index (χ4v) is 2.84. The molecule has 2 aliphatic carbocycles. The van der Waals surface area contributed by atoms with Crippen LogP contribution in [0.1, 0.15) is 25.7 Å². The molecule has 2 atom stereocenters. The fourth-order valence-electron chi connectivity index (χ4n) is 2.84. The Labute approximate surface area is 76.9 Å².